The number of nitrogens with zero attached hydrogens (tertiary/aromatic N) is 4. The van der Waals surface area contributed by atoms with Gasteiger partial charge in [0.05, 0.1) is 17.1 Å². The van der Waals surface area contributed by atoms with Gasteiger partial charge in [-0.15, -0.1) is 18.3 Å². The maximum absolute atomic E-state index is 12.3. The van der Waals surface area contributed by atoms with Crippen LogP contribution in [0.5, 0.6) is 5.75 Å². The average Bonchev–Trinajstić information content (AvgIpc) is 3.10. The number of alkyl halides is 3. The third-order valence-corrected chi connectivity index (χ3v) is 5.06. The maximum atomic E-state index is 12.3. The Morgan fingerprint density at radius 1 is 1.24 bits per heavy atom. The van der Waals surface area contributed by atoms with Crippen molar-refractivity contribution >= 4 is 39.3 Å². The van der Waals surface area contributed by atoms with Crippen LogP contribution in [0.2, 0.25) is 0 Å². The summed E-state index contributed by atoms with van der Waals surface area (Å²) < 4.78 is 42.7. The van der Waals surface area contributed by atoms with Crippen molar-refractivity contribution in [2.75, 3.05) is 11.1 Å². The molecule has 1 amide bonds. The van der Waals surface area contributed by atoms with Gasteiger partial charge in [0.25, 0.3) is 0 Å². The van der Waals surface area contributed by atoms with Crippen LogP contribution < -0.4 is 10.1 Å². The molecule has 1 N–H and O–H groups in total. The van der Waals surface area contributed by atoms with Gasteiger partial charge in [0, 0.05) is 4.47 Å². The third kappa shape index (κ3) is 5.94. The van der Waals surface area contributed by atoms with Gasteiger partial charge in [-0.25, -0.2) is 0 Å². The van der Waals surface area contributed by atoms with Gasteiger partial charge in [0.15, 0.2) is 0 Å². The molecule has 0 fully saturated rings. The van der Waals surface area contributed by atoms with Crippen LogP contribution in [-0.2, 0) is 4.79 Å². The quantitative estimate of drug-likeness (QED) is 0.520. The van der Waals surface area contributed by atoms with E-state index in [0.29, 0.717) is 16.5 Å². The van der Waals surface area contributed by atoms with Crippen molar-refractivity contribution < 1.29 is 22.7 Å². The fourth-order valence-electron chi connectivity index (χ4n) is 2.26. The minimum absolute atomic E-state index is 0.0377. The first-order chi connectivity index (χ1) is 13.7. The summed E-state index contributed by atoms with van der Waals surface area (Å²) in [6.45, 7) is 1.94. The molecule has 0 spiro atoms. The summed E-state index contributed by atoms with van der Waals surface area (Å²) in [4.78, 5) is 12.2. The number of anilines is 1. The van der Waals surface area contributed by atoms with E-state index in [1.54, 1.807) is 6.07 Å². The molecule has 0 unspecified atom stereocenters. The number of carbonyl (C=O) groups excluding carboxylic acids is 1. The molecule has 7 nitrogen and oxygen atoms in total. The highest BCUT2D eigenvalue weighted by Gasteiger charge is 2.31. The van der Waals surface area contributed by atoms with Crippen molar-refractivity contribution in [3.63, 3.8) is 0 Å². The van der Waals surface area contributed by atoms with E-state index in [2.05, 4.69) is 41.5 Å². The Balaban J connectivity index is 1.63. The number of ether oxygens (including phenoxy) is 1. The number of carbonyl (C=O) groups is 1. The highest BCUT2D eigenvalue weighted by molar-refractivity contribution is 9.10. The number of hydrogen-bond acceptors (Lipinski definition) is 6. The highest BCUT2D eigenvalue weighted by atomic mass is 79.9. The molecule has 1 aromatic heterocycles. The van der Waals surface area contributed by atoms with Gasteiger partial charge in [-0.3, -0.25) is 4.79 Å². The Bertz CT molecular complexity index is 1010. The summed E-state index contributed by atoms with van der Waals surface area (Å²) >= 11 is 4.48. The summed E-state index contributed by atoms with van der Waals surface area (Å²) in [5.74, 6) is -0.578. The smallest absolute Gasteiger partial charge is 0.406 e. The Labute approximate surface area is 175 Å². The predicted octanol–water partition coefficient (Wildman–Crippen LogP) is 4.36. The zero-order valence-corrected chi connectivity index (χ0v) is 17.2. The van der Waals surface area contributed by atoms with Crippen molar-refractivity contribution in [1.29, 1.82) is 0 Å². The van der Waals surface area contributed by atoms with E-state index in [-0.39, 0.29) is 17.4 Å². The standard InChI is InChI=1S/C17H13BrF3N5O2S/c1-10-2-7-14(13(18)8-10)22-15(27)9-29-16-23-24-25-26(16)11-3-5-12(6-4-11)28-17(19,20)21/h2-8H,9H2,1H3,(H,22,27). The molecule has 0 aliphatic rings. The number of aromatic nitrogens is 4. The summed E-state index contributed by atoms with van der Waals surface area (Å²) in [5.41, 5.74) is 2.12. The number of aryl methyl sites for hydroxylation is 1. The number of benzene rings is 2. The van der Waals surface area contributed by atoms with Crippen LogP contribution >= 0.6 is 27.7 Å². The van der Waals surface area contributed by atoms with Gasteiger partial charge in [0.2, 0.25) is 11.1 Å². The van der Waals surface area contributed by atoms with Crippen molar-refractivity contribution in [3.8, 4) is 11.4 Å². The Kier molecular flexibility index (Phi) is 6.42. The molecule has 3 rings (SSSR count). The fourth-order valence-corrected chi connectivity index (χ4v) is 3.54. The third-order valence-electron chi connectivity index (χ3n) is 3.49. The summed E-state index contributed by atoms with van der Waals surface area (Å²) in [7, 11) is 0. The van der Waals surface area contributed by atoms with Gasteiger partial charge in [-0.1, -0.05) is 17.8 Å². The number of tetrazole rings is 1. The number of nitrogens with one attached hydrogen (secondary N) is 1. The molecular weight excluding hydrogens is 475 g/mol. The minimum atomic E-state index is -4.77. The number of thioether (sulfide) groups is 1. The average molecular weight is 488 g/mol. The van der Waals surface area contributed by atoms with E-state index in [1.807, 2.05) is 19.1 Å². The lowest BCUT2D eigenvalue weighted by Crippen LogP contribution is -2.17. The lowest BCUT2D eigenvalue weighted by Gasteiger charge is -2.10. The lowest BCUT2D eigenvalue weighted by atomic mass is 10.2. The van der Waals surface area contributed by atoms with E-state index >= 15 is 0 Å². The molecule has 1 heterocycles. The molecule has 2 aromatic carbocycles. The number of rotatable bonds is 6. The number of hydrogen-bond donors (Lipinski definition) is 1. The van der Waals surface area contributed by atoms with Crippen LogP contribution in [0, 0.1) is 6.92 Å². The van der Waals surface area contributed by atoms with E-state index in [9.17, 15) is 18.0 Å². The molecule has 0 aliphatic heterocycles. The van der Waals surface area contributed by atoms with Crippen LogP contribution in [0.4, 0.5) is 18.9 Å². The first-order valence-corrected chi connectivity index (χ1v) is 9.82. The van der Waals surface area contributed by atoms with Crippen LogP contribution in [0.15, 0.2) is 52.1 Å². The van der Waals surface area contributed by atoms with Gasteiger partial charge in [-0.05, 0) is 75.2 Å². The molecule has 152 valence electrons. The highest BCUT2D eigenvalue weighted by Crippen LogP contribution is 2.26. The molecule has 29 heavy (non-hydrogen) atoms. The molecular formula is C17H13BrF3N5O2S. The van der Waals surface area contributed by atoms with Crippen molar-refractivity contribution in [1.82, 2.24) is 20.2 Å². The zero-order valence-electron chi connectivity index (χ0n) is 14.8. The number of amides is 1. The summed E-state index contributed by atoms with van der Waals surface area (Å²) in [5, 5.41) is 14.3. The van der Waals surface area contributed by atoms with Gasteiger partial charge >= 0.3 is 6.36 Å². The van der Waals surface area contributed by atoms with Crippen molar-refractivity contribution in [2.45, 2.75) is 18.4 Å². The molecule has 3 aromatic rings. The second kappa shape index (κ2) is 8.82. The van der Waals surface area contributed by atoms with Crippen LogP contribution in [0.3, 0.4) is 0 Å². The van der Waals surface area contributed by atoms with Crippen LogP contribution in [0.1, 0.15) is 5.56 Å². The molecule has 0 saturated carbocycles. The second-order valence-corrected chi connectivity index (χ2v) is 7.53. The summed E-state index contributed by atoms with van der Waals surface area (Å²) in [6.07, 6.45) is -4.77. The lowest BCUT2D eigenvalue weighted by molar-refractivity contribution is -0.274. The summed E-state index contributed by atoms with van der Waals surface area (Å²) in [6, 6.07) is 10.6. The van der Waals surface area contributed by atoms with E-state index < -0.39 is 6.36 Å². The monoisotopic (exact) mass is 487 g/mol. The molecule has 0 atom stereocenters. The second-order valence-electron chi connectivity index (χ2n) is 5.74. The fraction of sp³-hybridized carbons (Fsp3) is 0.176. The Morgan fingerprint density at radius 2 is 1.97 bits per heavy atom. The van der Waals surface area contributed by atoms with Gasteiger partial charge in [0.1, 0.15) is 5.75 Å². The van der Waals surface area contributed by atoms with Crippen molar-refractivity contribution in [3.05, 3.63) is 52.5 Å². The van der Waals surface area contributed by atoms with Gasteiger partial charge in [-0.2, -0.15) is 4.68 Å². The minimum Gasteiger partial charge on any atom is -0.406 e. The van der Waals surface area contributed by atoms with E-state index in [0.717, 1.165) is 33.9 Å². The Morgan fingerprint density at radius 3 is 2.62 bits per heavy atom. The number of halogens is 4. The van der Waals surface area contributed by atoms with Gasteiger partial charge < -0.3 is 10.1 Å². The Hall–Kier alpha value is -2.60. The largest absolute Gasteiger partial charge is 0.573 e. The zero-order chi connectivity index (χ0) is 21.0. The molecule has 0 radical (unpaired) electrons. The van der Waals surface area contributed by atoms with E-state index in [1.165, 1.54) is 16.8 Å². The SMILES string of the molecule is Cc1ccc(NC(=O)CSc2nnnn2-c2ccc(OC(F)(F)F)cc2)c(Br)c1. The molecule has 12 heteroatoms. The normalized spacial score (nSPS) is 11.3. The molecule has 0 aliphatic carbocycles. The topological polar surface area (TPSA) is 81.9 Å². The van der Waals surface area contributed by atoms with E-state index in [4.69, 9.17) is 0 Å². The molecule has 0 saturated heterocycles. The molecule has 0 bridgehead atoms. The first-order valence-electron chi connectivity index (χ1n) is 8.04. The van der Waals surface area contributed by atoms with Crippen LogP contribution in [0.25, 0.3) is 5.69 Å². The first kappa shape index (κ1) is 21.1. The van der Waals surface area contributed by atoms with Crippen molar-refractivity contribution in [2.24, 2.45) is 0 Å². The predicted molar refractivity (Wildman–Crippen MR) is 104 cm³/mol. The maximum Gasteiger partial charge on any atom is 0.573 e. The van der Waals surface area contributed by atoms with Crippen LogP contribution in [-0.4, -0.2) is 38.2 Å².